The maximum atomic E-state index is 10.9. The molecule has 4 heteroatoms. The Bertz CT molecular complexity index is 369. The van der Waals surface area contributed by atoms with Crippen LogP contribution in [0.3, 0.4) is 0 Å². The van der Waals surface area contributed by atoms with Crippen LogP contribution >= 0.6 is 11.3 Å². The molecule has 16 heavy (non-hydrogen) atoms. The predicted octanol–water partition coefficient (Wildman–Crippen LogP) is 2.90. The highest BCUT2D eigenvalue weighted by Gasteiger charge is 2.22. The minimum atomic E-state index is 0.621. The Morgan fingerprint density at radius 2 is 2.19 bits per heavy atom. The van der Waals surface area contributed by atoms with Crippen LogP contribution in [0.1, 0.15) is 48.0 Å². The van der Waals surface area contributed by atoms with Crippen LogP contribution in [0.5, 0.6) is 0 Å². The van der Waals surface area contributed by atoms with Gasteiger partial charge in [-0.05, 0) is 19.3 Å². The number of hydrogen-bond donors (Lipinski definition) is 0. The highest BCUT2D eigenvalue weighted by Crippen LogP contribution is 2.31. The number of thiazole rings is 1. The Balaban J connectivity index is 2.18. The molecule has 0 atom stereocenters. The van der Waals surface area contributed by atoms with Crippen molar-refractivity contribution >= 4 is 22.8 Å². The van der Waals surface area contributed by atoms with Gasteiger partial charge >= 0.3 is 0 Å². The quantitative estimate of drug-likeness (QED) is 0.756. The smallest absolute Gasteiger partial charge is 0.186 e. The zero-order valence-electron chi connectivity index (χ0n) is 9.90. The summed E-state index contributed by atoms with van der Waals surface area (Å²) in [6.07, 6.45) is 6.93. The van der Waals surface area contributed by atoms with Gasteiger partial charge in [0, 0.05) is 13.1 Å². The fourth-order valence-electron chi connectivity index (χ4n) is 2.29. The Morgan fingerprint density at radius 3 is 2.69 bits per heavy atom. The third kappa shape index (κ3) is 2.12. The molecular weight excluding hydrogens is 220 g/mol. The van der Waals surface area contributed by atoms with Gasteiger partial charge in [-0.3, -0.25) is 4.79 Å². The summed E-state index contributed by atoms with van der Waals surface area (Å²) < 4.78 is 0. The first kappa shape index (κ1) is 11.6. The van der Waals surface area contributed by atoms with Gasteiger partial charge in [-0.1, -0.05) is 31.1 Å². The van der Waals surface area contributed by atoms with Gasteiger partial charge in [-0.15, -0.1) is 0 Å². The molecule has 2 rings (SSSR count). The number of carbonyl (C=O) groups excluding carboxylic acids is 1. The van der Waals surface area contributed by atoms with Gasteiger partial charge in [0.25, 0.3) is 0 Å². The molecule has 0 aromatic carbocycles. The second-order valence-corrected chi connectivity index (χ2v) is 5.34. The van der Waals surface area contributed by atoms with Crippen LogP contribution in [0.25, 0.3) is 0 Å². The number of aromatic nitrogens is 1. The van der Waals surface area contributed by atoms with E-state index in [1.807, 2.05) is 6.92 Å². The molecule has 1 aromatic heterocycles. The van der Waals surface area contributed by atoms with E-state index in [-0.39, 0.29) is 0 Å². The number of nitrogens with zero attached hydrogens (tertiary/aromatic N) is 2. The topological polar surface area (TPSA) is 33.2 Å². The van der Waals surface area contributed by atoms with E-state index in [0.717, 1.165) is 28.4 Å². The molecule has 0 aliphatic heterocycles. The van der Waals surface area contributed by atoms with Crippen molar-refractivity contribution in [2.45, 2.75) is 45.1 Å². The average Bonchev–Trinajstić information content (AvgIpc) is 2.96. The third-order valence-corrected chi connectivity index (χ3v) is 4.45. The van der Waals surface area contributed by atoms with Crippen LogP contribution in [-0.4, -0.2) is 24.4 Å². The Labute approximate surface area is 100 Å². The third-order valence-electron chi connectivity index (χ3n) is 3.33. The molecule has 1 aliphatic rings. The zero-order valence-corrected chi connectivity index (χ0v) is 10.7. The van der Waals surface area contributed by atoms with Crippen molar-refractivity contribution in [3.63, 3.8) is 0 Å². The molecule has 1 saturated carbocycles. The number of hydrogen-bond acceptors (Lipinski definition) is 4. The van der Waals surface area contributed by atoms with Gasteiger partial charge in [0.05, 0.1) is 10.6 Å². The van der Waals surface area contributed by atoms with E-state index in [2.05, 4.69) is 16.9 Å². The Morgan fingerprint density at radius 1 is 1.50 bits per heavy atom. The van der Waals surface area contributed by atoms with E-state index in [1.165, 1.54) is 37.0 Å². The van der Waals surface area contributed by atoms with Gasteiger partial charge in [-0.2, -0.15) is 0 Å². The highest BCUT2D eigenvalue weighted by atomic mass is 32.1. The molecular formula is C12H18N2OS. The summed E-state index contributed by atoms with van der Waals surface area (Å²) in [4.78, 5) is 18.5. The van der Waals surface area contributed by atoms with Crippen LogP contribution < -0.4 is 4.90 Å². The standard InChI is InChI=1S/C12H18N2OS/c1-3-10-11(8-15)16-12(13-10)14(2)9-6-4-5-7-9/h8-9H,3-7H2,1-2H3. The summed E-state index contributed by atoms with van der Waals surface area (Å²) in [5.41, 5.74) is 0.944. The Kier molecular flexibility index (Phi) is 3.59. The minimum absolute atomic E-state index is 0.621. The fraction of sp³-hybridized carbons (Fsp3) is 0.667. The predicted molar refractivity (Wildman–Crippen MR) is 67.5 cm³/mol. The lowest BCUT2D eigenvalue weighted by Crippen LogP contribution is -2.28. The van der Waals surface area contributed by atoms with E-state index in [9.17, 15) is 4.79 Å². The molecule has 1 aromatic rings. The summed E-state index contributed by atoms with van der Waals surface area (Å²) in [5.74, 6) is 0. The minimum Gasteiger partial charge on any atom is -0.348 e. The van der Waals surface area contributed by atoms with Crippen molar-refractivity contribution in [2.24, 2.45) is 0 Å². The van der Waals surface area contributed by atoms with Crippen LogP contribution in [-0.2, 0) is 6.42 Å². The lowest BCUT2D eigenvalue weighted by atomic mass is 10.2. The number of anilines is 1. The molecule has 1 fully saturated rings. The molecule has 0 N–H and O–H groups in total. The number of aryl methyl sites for hydroxylation is 1. The molecule has 0 amide bonds. The summed E-state index contributed by atoms with van der Waals surface area (Å²) in [6.45, 7) is 2.04. The van der Waals surface area contributed by atoms with Gasteiger partial charge in [-0.25, -0.2) is 4.98 Å². The van der Waals surface area contributed by atoms with Crippen molar-refractivity contribution < 1.29 is 4.79 Å². The average molecular weight is 238 g/mol. The molecule has 0 radical (unpaired) electrons. The summed E-state index contributed by atoms with van der Waals surface area (Å²) in [6, 6.07) is 0.621. The van der Waals surface area contributed by atoms with Crippen molar-refractivity contribution in [1.29, 1.82) is 0 Å². The summed E-state index contributed by atoms with van der Waals surface area (Å²) >= 11 is 1.53. The van der Waals surface area contributed by atoms with Gasteiger partial charge in [0.2, 0.25) is 0 Å². The van der Waals surface area contributed by atoms with Gasteiger partial charge < -0.3 is 4.90 Å². The molecule has 88 valence electrons. The van der Waals surface area contributed by atoms with Crippen molar-refractivity contribution in [3.05, 3.63) is 10.6 Å². The Hall–Kier alpha value is -0.900. The SMILES string of the molecule is CCc1nc(N(C)C2CCCC2)sc1C=O. The first-order chi connectivity index (χ1) is 7.76. The normalized spacial score (nSPS) is 16.6. The molecule has 0 unspecified atom stereocenters. The first-order valence-electron chi connectivity index (χ1n) is 5.94. The van der Waals surface area contributed by atoms with E-state index < -0.39 is 0 Å². The largest absolute Gasteiger partial charge is 0.348 e. The van der Waals surface area contributed by atoms with Crippen molar-refractivity contribution in [2.75, 3.05) is 11.9 Å². The summed E-state index contributed by atoms with van der Waals surface area (Å²) in [7, 11) is 2.10. The van der Waals surface area contributed by atoms with Crippen LogP contribution in [0.2, 0.25) is 0 Å². The van der Waals surface area contributed by atoms with Gasteiger partial charge in [0.15, 0.2) is 11.4 Å². The maximum Gasteiger partial charge on any atom is 0.186 e. The summed E-state index contributed by atoms with van der Waals surface area (Å²) in [5, 5.41) is 1.01. The van der Waals surface area contributed by atoms with Crippen molar-refractivity contribution in [1.82, 2.24) is 4.98 Å². The molecule has 0 bridgehead atoms. The van der Waals surface area contributed by atoms with Gasteiger partial charge in [0.1, 0.15) is 0 Å². The zero-order chi connectivity index (χ0) is 11.5. The van der Waals surface area contributed by atoms with Crippen LogP contribution in [0.4, 0.5) is 5.13 Å². The van der Waals surface area contributed by atoms with E-state index >= 15 is 0 Å². The number of rotatable bonds is 4. The van der Waals surface area contributed by atoms with Crippen molar-refractivity contribution in [3.8, 4) is 0 Å². The number of aldehydes is 1. The lowest BCUT2D eigenvalue weighted by Gasteiger charge is -2.23. The van der Waals surface area contributed by atoms with E-state index in [4.69, 9.17) is 0 Å². The second kappa shape index (κ2) is 4.95. The molecule has 3 nitrogen and oxygen atoms in total. The van der Waals surface area contributed by atoms with Crippen LogP contribution in [0, 0.1) is 0 Å². The fourth-order valence-corrected chi connectivity index (χ4v) is 3.30. The maximum absolute atomic E-state index is 10.9. The van der Waals surface area contributed by atoms with E-state index in [0.29, 0.717) is 6.04 Å². The lowest BCUT2D eigenvalue weighted by molar-refractivity contribution is 0.112. The van der Waals surface area contributed by atoms with E-state index in [1.54, 1.807) is 0 Å². The second-order valence-electron chi connectivity index (χ2n) is 4.33. The first-order valence-corrected chi connectivity index (χ1v) is 6.75. The number of carbonyl (C=O) groups is 1. The molecule has 1 heterocycles. The molecule has 0 spiro atoms. The monoisotopic (exact) mass is 238 g/mol. The highest BCUT2D eigenvalue weighted by molar-refractivity contribution is 7.17. The molecule has 0 saturated heterocycles. The molecule has 1 aliphatic carbocycles. The van der Waals surface area contributed by atoms with Crippen LogP contribution in [0.15, 0.2) is 0 Å².